The fourth-order valence-electron chi connectivity index (χ4n) is 4.18. The van der Waals surface area contributed by atoms with E-state index in [2.05, 4.69) is 37.0 Å². The van der Waals surface area contributed by atoms with Gasteiger partial charge in [-0.3, -0.25) is 4.72 Å². The highest BCUT2D eigenvalue weighted by atomic mass is 32.2. The van der Waals surface area contributed by atoms with E-state index in [4.69, 9.17) is 4.74 Å². The van der Waals surface area contributed by atoms with Crippen molar-refractivity contribution in [1.29, 1.82) is 0 Å². The number of esters is 1. The van der Waals surface area contributed by atoms with Crippen molar-refractivity contribution in [2.45, 2.75) is 17.7 Å². The van der Waals surface area contributed by atoms with Crippen LogP contribution in [0, 0.1) is 0 Å². The maximum Gasteiger partial charge on any atom is 0.343 e. The lowest BCUT2D eigenvalue weighted by atomic mass is 10.1. The third kappa shape index (κ3) is 8.25. The molecule has 198 valence electrons. The zero-order chi connectivity index (χ0) is 26.7. The summed E-state index contributed by atoms with van der Waals surface area (Å²) in [6.45, 7) is 4.54. The van der Waals surface area contributed by atoms with E-state index in [0.717, 1.165) is 29.9 Å². The molecule has 0 radical (unpaired) electrons. The van der Waals surface area contributed by atoms with E-state index < -0.39 is 0 Å². The summed E-state index contributed by atoms with van der Waals surface area (Å²) >= 11 is 1.66. The molecule has 0 saturated carbocycles. The predicted molar refractivity (Wildman–Crippen MR) is 158 cm³/mol. The minimum absolute atomic E-state index is 0.383. The largest absolute Gasteiger partial charge is 0.423 e. The molecule has 5 rings (SSSR count). The summed E-state index contributed by atoms with van der Waals surface area (Å²) in [5.41, 5.74) is 3.21. The average Bonchev–Trinajstić information content (AvgIpc) is 3.50. The summed E-state index contributed by atoms with van der Waals surface area (Å²) in [7, 11) is 0. The Morgan fingerprint density at radius 3 is 2.41 bits per heavy atom. The van der Waals surface area contributed by atoms with Crippen LogP contribution in [0.15, 0.2) is 96.2 Å². The smallest absolute Gasteiger partial charge is 0.343 e. The van der Waals surface area contributed by atoms with Crippen LogP contribution in [-0.2, 0) is 0 Å². The molecule has 0 unspecified atom stereocenters. The highest BCUT2D eigenvalue weighted by molar-refractivity contribution is 7.97. The molecule has 0 aliphatic carbocycles. The normalized spacial score (nSPS) is 13.5. The SMILES string of the molecule is O=C(Oc1cccc(/C=C/c2cnc(Nc3ccc(SNCCN4CCCC4)cc3)nc2)c1)c1ccccc1. The van der Waals surface area contributed by atoms with Gasteiger partial charge in [0.1, 0.15) is 5.75 Å². The summed E-state index contributed by atoms with van der Waals surface area (Å²) in [6.07, 6.45) is 10.0. The minimum Gasteiger partial charge on any atom is -0.423 e. The van der Waals surface area contributed by atoms with Crippen LogP contribution in [0.5, 0.6) is 5.75 Å². The molecule has 8 heteroatoms. The van der Waals surface area contributed by atoms with Gasteiger partial charge >= 0.3 is 5.97 Å². The fourth-order valence-corrected chi connectivity index (χ4v) is 4.81. The van der Waals surface area contributed by atoms with Crippen LogP contribution in [0.3, 0.4) is 0 Å². The number of ether oxygens (including phenoxy) is 1. The molecule has 0 amide bonds. The van der Waals surface area contributed by atoms with E-state index in [1.165, 1.54) is 30.8 Å². The Morgan fingerprint density at radius 2 is 1.64 bits per heavy atom. The molecule has 4 aromatic rings. The van der Waals surface area contributed by atoms with Crippen LogP contribution in [0.4, 0.5) is 11.6 Å². The Bertz CT molecular complexity index is 1370. The molecule has 1 aliphatic heterocycles. The molecule has 1 fully saturated rings. The number of aromatic nitrogens is 2. The predicted octanol–water partition coefficient (Wildman–Crippen LogP) is 6.30. The topological polar surface area (TPSA) is 79.4 Å². The number of likely N-dealkylation sites (tertiary alicyclic amines) is 1. The first-order valence-electron chi connectivity index (χ1n) is 13.1. The van der Waals surface area contributed by atoms with Gasteiger partial charge in [0, 0.05) is 41.6 Å². The van der Waals surface area contributed by atoms with Crippen LogP contribution >= 0.6 is 11.9 Å². The maximum atomic E-state index is 12.3. The van der Waals surface area contributed by atoms with Gasteiger partial charge in [0.25, 0.3) is 0 Å². The summed E-state index contributed by atoms with van der Waals surface area (Å²) in [6, 6.07) is 24.5. The van der Waals surface area contributed by atoms with Gasteiger partial charge in [-0.15, -0.1) is 0 Å². The molecule has 2 N–H and O–H groups in total. The second-order valence-electron chi connectivity index (χ2n) is 9.20. The molecule has 1 aliphatic rings. The van der Waals surface area contributed by atoms with E-state index >= 15 is 0 Å². The molecular formula is C31H31N5O2S. The van der Waals surface area contributed by atoms with Gasteiger partial charge < -0.3 is 15.0 Å². The van der Waals surface area contributed by atoms with Crippen LogP contribution < -0.4 is 14.8 Å². The van der Waals surface area contributed by atoms with Crippen molar-refractivity contribution in [3.8, 4) is 5.75 Å². The summed E-state index contributed by atoms with van der Waals surface area (Å²) < 4.78 is 8.95. The Hall–Kier alpha value is -3.98. The van der Waals surface area contributed by atoms with Gasteiger partial charge in [-0.2, -0.15) is 0 Å². The molecule has 3 aromatic carbocycles. The zero-order valence-corrected chi connectivity index (χ0v) is 22.4. The third-order valence-electron chi connectivity index (χ3n) is 6.25. The number of carbonyl (C=O) groups excluding carboxylic acids is 1. The summed E-state index contributed by atoms with van der Waals surface area (Å²) in [4.78, 5) is 24.9. The first-order valence-corrected chi connectivity index (χ1v) is 13.9. The van der Waals surface area contributed by atoms with Gasteiger partial charge in [0.2, 0.25) is 5.95 Å². The standard InChI is InChI=1S/C31H31N5O2S/c37-30(26-8-2-1-3-9-26)38-28-10-6-7-24(21-28)11-12-25-22-32-31(33-23-25)35-27-13-15-29(16-14-27)39-34-17-20-36-18-4-5-19-36/h1-3,6-16,21-23,34H,4-5,17-20H2,(H,32,33,35)/b12-11+. The second-order valence-corrected chi connectivity index (χ2v) is 10.2. The Morgan fingerprint density at radius 1 is 0.897 bits per heavy atom. The number of hydrogen-bond donors (Lipinski definition) is 2. The molecule has 0 spiro atoms. The van der Waals surface area contributed by atoms with Crippen LogP contribution in [0.1, 0.15) is 34.3 Å². The molecule has 39 heavy (non-hydrogen) atoms. The minimum atomic E-state index is -0.383. The van der Waals surface area contributed by atoms with E-state index in [1.54, 1.807) is 42.5 Å². The number of nitrogens with one attached hydrogen (secondary N) is 2. The van der Waals surface area contributed by atoms with Gasteiger partial charge in [-0.1, -0.05) is 42.5 Å². The van der Waals surface area contributed by atoms with Crippen molar-refractivity contribution in [1.82, 2.24) is 19.6 Å². The van der Waals surface area contributed by atoms with Crippen molar-refractivity contribution in [3.05, 3.63) is 108 Å². The summed E-state index contributed by atoms with van der Waals surface area (Å²) in [5, 5.41) is 3.24. The second kappa shape index (κ2) is 13.7. The first kappa shape index (κ1) is 26.6. The van der Waals surface area contributed by atoms with Crippen LogP contribution in [-0.4, -0.2) is 47.0 Å². The maximum absolute atomic E-state index is 12.3. The van der Waals surface area contributed by atoms with E-state index in [-0.39, 0.29) is 5.97 Å². The lowest BCUT2D eigenvalue weighted by molar-refractivity contribution is 0.0734. The highest BCUT2D eigenvalue weighted by Crippen LogP contribution is 2.20. The average molecular weight is 538 g/mol. The molecule has 2 heterocycles. The van der Waals surface area contributed by atoms with E-state index in [1.807, 2.05) is 60.7 Å². The van der Waals surface area contributed by atoms with Crippen LogP contribution in [0.2, 0.25) is 0 Å². The number of rotatable bonds is 11. The van der Waals surface area contributed by atoms with E-state index in [0.29, 0.717) is 17.3 Å². The van der Waals surface area contributed by atoms with Crippen molar-refractivity contribution < 1.29 is 9.53 Å². The molecule has 7 nitrogen and oxygen atoms in total. The fraction of sp³-hybridized carbons (Fsp3) is 0.194. The van der Waals surface area contributed by atoms with Crippen molar-refractivity contribution in [2.24, 2.45) is 0 Å². The number of anilines is 2. The van der Waals surface area contributed by atoms with E-state index in [9.17, 15) is 4.79 Å². The van der Waals surface area contributed by atoms with Gasteiger partial charge in [0.15, 0.2) is 0 Å². The summed E-state index contributed by atoms with van der Waals surface area (Å²) in [5.74, 6) is 0.640. The zero-order valence-electron chi connectivity index (χ0n) is 21.6. The Kier molecular flexibility index (Phi) is 9.36. The number of benzene rings is 3. The van der Waals surface area contributed by atoms with Crippen molar-refractivity contribution in [3.63, 3.8) is 0 Å². The molecule has 1 aromatic heterocycles. The third-order valence-corrected chi connectivity index (χ3v) is 7.10. The van der Waals surface area contributed by atoms with Gasteiger partial charge in [0.05, 0.1) is 5.56 Å². The molecule has 1 saturated heterocycles. The number of nitrogens with zero attached hydrogens (tertiary/aromatic N) is 3. The molecular weight excluding hydrogens is 506 g/mol. The lowest BCUT2D eigenvalue weighted by Crippen LogP contribution is -2.27. The van der Waals surface area contributed by atoms with Crippen molar-refractivity contribution >= 4 is 41.7 Å². The quantitative estimate of drug-likeness (QED) is 0.0999. The van der Waals surface area contributed by atoms with Crippen molar-refractivity contribution in [2.75, 3.05) is 31.5 Å². The first-order chi connectivity index (χ1) is 19.2. The van der Waals surface area contributed by atoms with Gasteiger partial charge in [-0.05, 0) is 92.0 Å². The number of carbonyl (C=O) groups is 1. The van der Waals surface area contributed by atoms with Gasteiger partial charge in [-0.25, -0.2) is 14.8 Å². The Balaban J connectivity index is 1.09. The molecule has 0 atom stereocenters. The number of hydrogen-bond acceptors (Lipinski definition) is 8. The highest BCUT2D eigenvalue weighted by Gasteiger charge is 2.10. The Labute approximate surface area is 233 Å². The monoisotopic (exact) mass is 537 g/mol. The lowest BCUT2D eigenvalue weighted by Gasteiger charge is -2.14. The van der Waals surface area contributed by atoms with Crippen LogP contribution in [0.25, 0.3) is 12.2 Å². The molecule has 0 bridgehead atoms.